The molecule has 0 radical (unpaired) electrons. The minimum atomic E-state index is 0.0798. The van der Waals surface area contributed by atoms with E-state index >= 15 is 0 Å². The molecule has 0 spiro atoms. The van der Waals surface area contributed by atoms with Crippen LogP contribution in [0.2, 0.25) is 0 Å². The molecule has 1 N–H and O–H groups in total. The molecule has 5 aliphatic rings. The molecule has 8 rings (SSSR count). The first-order chi connectivity index (χ1) is 22.0. The van der Waals surface area contributed by atoms with E-state index in [1.807, 2.05) is 38.2 Å². The number of carbonyl (C=O) groups is 1. The highest BCUT2D eigenvalue weighted by Gasteiger charge is 2.50. The van der Waals surface area contributed by atoms with E-state index in [0.717, 1.165) is 85.2 Å². The van der Waals surface area contributed by atoms with E-state index in [2.05, 4.69) is 50.4 Å². The third-order valence-electron chi connectivity index (χ3n) is 10.7. The molecule has 1 amide bonds. The molecule has 238 valence electrons. The van der Waals surface area contributed by atoms with Gasteiger partial charge >= 0.3 is 0 Å². The fraction of sp³-hybridized carbons (Fsp3) is 0.526. The number of amides is 1. The molecule has 4 bridgehead atoms. The van der Waals surface area contributed by atoms with Crippen LogP contribution < -0.4 is 19.7 Å². The summed E-state index contributed by atoms with van der Waals surface area (Å²) in [5.41, 5.74) is 5.67. The Morgan fingerprint density at radius 3 is 2.13 bits per heavy atom. The van der Waals surface area contributed by atoms with E-state index in [4.69, 9.17) is 9.47 Å². The minimum Gasteiger partial charge on any atom is -0.494 e. The topological polar surface area (TPSA) is 66.9 Å². The summed E-state index contributed by atoms with van der Waals surface area (Å²) in [6.45, 7) is 10.8. The second-order valence-electron chi connectivity index (χ2n) is 14.1. The fourth-order valence-electron chi connectivity index (χ4n) is 9.11. The van der Waals surface area contributed by atoms with Crippen molar-refractivity contribution in [1.29, 1.82) is 0 Å². The number of pyridine rings is 1. The Morgan fingerprint density at radius 1 is 0.822 bits per heavy atom. The van der Waals surface area contributed by atoms with Crippen molar-refractivity contribution in [2.45, 2.75) is 58.9 Å². The number of rotatable bonds is 11. The Kier molecular flexibility index (Phi) is 8.72. The summed E-state index contributed by atoms with van der Waals surface area (Å²) in [6.07, 6.45) is 11.9. The zero-order valence-corrected chi connectivity index (χ0v) is 27.0. The molecule has 3 aromatic rings. The van der Waals surface area contributed by atoms with Crippen molar-refractivity contribution >= 4 is 11.6 Å². The first-order valence-corrected chi connectivity index (χ1v) is 17.2. The Hall–Kier alpha value is -3.58. The molecule has 45 heavy (non-hydrogen) atoms. The highest BCUT2D eigenvalue weighted by molar-refractivity contribution is 5.94. The van der Waals surface area contributed by atoms with E-state index in [0.29, 0.717) is 18.6 Å². The average molecular weight is 609 g/mol. The first kappa shape index (κ1) is 30.1. The van der Waals surface area contributed by atoms with Gasteiger partial charge in [-0.15, -0.1) is 0 Å². The van der Waals surface area contributed by atoms with Crippen LogP contribution in [0, 0.1) is 23.2 Å². The lowest BCUT2D eigenvalue weighted by Crippen LogP contribution is -2.51. The summed E-state index contributed by atoms with van der Waals surface area (Å²) in [5.74, 6) is 4.47. The molecule has 0 atom stereocenters. The molecule has 1 aliphatic heterocycles. The molecular formula is C38H48N4O3. The molecule has 7 heteroatoms. The number of piperazine rings is 1. The first-order valence-electron chi connectivity index (χ1n) is 17.2. The minimum absolute atomic E-state index is 0.0798. The molecule has 7 nitrogen and oxygen atoms in total. The molecule has 4 saturated carbocycles. The van der Waals surface area contributed by atoms with E-state index in [-0.39, 0.29) is 5.91 Å². The number of anilines is 1. The molecule has 1 aromatic heterocycles. The smallest absolute Gasteiger partial charge is 0.251 e. The van der Waals surface area contributed by atoms with Crippen LogP contribution in [-0.2, 0) is 6.54 Å². The van der Waals surface area contributed by atoms with E-state index in [1.165, 1.54) is 49.8 Å². The number of nitrogens with one attached hydrogen (secondary N) is 1. The van der Waals surface area contributed by atoms with Gasteiger partial charge in [0.25, 0.3) is 5.91 Å². The van der Waals surface area contributed by atoms with Gasteiger partial charge in [0.2, 0.25) is 0 Å². The van der Waals surface area contributed by atoms with Gasteiger partial charge in [-0.1, -0.05) is 0 Å². The van der Waals surface area contributed by atoms with Crippen LogP contribution in [0.1, 0.15) is 68.3 Å². The van der Waals surface area contributed by atoms with Crippen LogP contribution in [0.15, 0.2) is 60.9 Å². The Morgan fingerprint density at radius 2 is 1.47 bits per heavy atom. The van der Waals surface area contributed by atoms with Gasteiger partial charge in [-0.3, -0.25) is 14.7 Å². The fourth-order valence-corrected chi connectivity index (χ4v) is 9.11. The van der Waals surface area contributed by atoms with Crippen molar-refractivity contribution in [3.05, 3.63) is 72.1 Å². The second kappa shape index (κ2) is 13.0. The van der Waals surface area contributed by atoms with Crippen molar-refractivity contribution in [3.63, 3.8) is 0 Å². The lowest BCUT2D eigenvalue weighted by molar-refractivity contribution is -0.0503. The van der Waals surface area contributed by atoms with Gasteiger partial charge in [-0.05, 0) is 135 Å². The number of carbonyl (C=O) groups excluding carboxylic acids is 1. The Balaban J connectivity index is 0.935. The van der Waals surface area contributed by atoms with Crippen LogP contribution in [0.3, 0.4) is 0 Å². The quantitative estimate of drug-likeness (QED) is 0.258. The predicted molar refractivity (Wildman–Crippen MR) is 179 cm³/mol. The second-order valence-corrected chi connectivity index (χ2v) is 14.1. The Labute approximate surface area is 268 Å². The number of aromatic nitrogens is 1. The SMILES string of the molecule is CCOc1cncc(-c2cc(CN3CCN(c4ccc(C(=O)NCC56CC7CC(CC(C7)C5)C6)cc4)CC3)cc(OCC)c2)c1. The van der Waals surface area contributed by atoms with Gasteiger partial charge in [0.05, 0.1) is 19.4 Å². The van der Waals surface area contributed by atoms with Crippen LogP contribution in [-0.4, -0.2) is 61.7 Å². The molecule has 2 aromatic carbocycles. The maximum Gasteiger partial charge on any atom is 0.251 e. The zero-order chi connectivity index (χ0) is 30.8. The predicted octanol–water partition coefficient (Wildman–Crippen LogP) is 6.81. The number of benzene rings is 2. The van der Waals surface area contributed by atoms with Crippen molar-refractivity contribution in [2.75, 3.05) is 50.8 Å². The summed E-state index contributed by atoms with van der Waals surface area (Å²) < 4.78 is 11.6. The van der Waals surface area contributed by atoms with Crippen LogP contribution >= 0.6 is 0 Å². The molecule has 2 heterocycles. The maximum absolute atomic E-state index is 13.1. The molecule has 5 fully saturated rings. The molecule has 1 saturated heterocycles. The lowest BCUT2D eigenvalue weighted by atomic mass is 9.49. The maximum atomic E-state index is 13.1. The van der Waals surface area contributed by atoms with Gasteiger partial charge < -0.3 is 19.7 Å². The third kappa shape index (κ3) is 6.84. The zero-order valence-electron chi connectivity index (χ0n) is 27.0. The highest BCUT2D eigenvalue weighted by atomic mass is 16.5. The van der Waals surface area contributed by atoms with Gasteiger partial charge in [-0.2, -0.15) is 0 Å². The number of nitrogens with zero attached hydrogens (tertiary/aromatic N) is 3. The average Bonchev–Trinajstić information content (AvgIpc) is 3.04. The van der Waals surface area contributed by atoms with E-state index < -0.39 is 0 Å². The number of hydrogen-bond donors (Lipinski definition) is 1. The Bertz CT molecular complexity index is 1450. The van der Waals surface area contributed by atoms with Crippen molar-refractivity contribution < 1.29 is 14.3 Å². The van der Waals surface area contributed by atoms with Crippen molar-refractivity contribution in [1.82, 2.24) is 15.2 Å². The van der Waals surface area contributed by atoms with Gasteiger partial charge in [-0.25, -0.2) is 0 Å². The van der Waals surface area contributed by atoms with Crippen LogP contribution in [0.4, 0.5) is 5.69 Å². The van der Waals surface area contributed by atoms with Gasteiger partial charge in [0, 0.05) is 62.3 Å². The third-order valence-corrected chi connectivity index (χ3v) is 10.7. The van der Waals surface area contributed by atoms with Crippen LogP contribution in [0.25, 0.3) is 11.1 Å². The molecule has 4 aliphatic carbocycles. The van der Waals surface area contributed by atoms with E-state index in [9.17, 15) is 4.79 Å². The van der Waals surface area contributed by atoms with Gasteiger partial charge in [0.1, 0.15) is 11.5 Å². The summed E-state index contributed by atoms with van der Waals surface area (Å²) in [4.78, 5) is 22.4. The van der Waals surface area contributed by atoms with Crippen molar-refractivity contribution in [3.8, 4) is 22.6 Å². The lowest BCUT2D eigenvalue weighted by Gasteiger charge is -2.56. The molecular weight excluding hydrogens is 560 g/mol. The summed E-state index contributed by atoms with van der Waals surface area (Å²) >= 11 is 0. The summed E-state index contributed by atoms with van der Waals surface area (Å²) in [6, 6.07) is 16.8. The van der Waals surface area contributed by atoms with Crippen molar-refractivity contribution in [2.24, 2.45) is 23.2 Å². The summed E-state index contributed by atoms with van der Waals surface area (Å²) in [7, 11) is 0. The number of ether oxygens (including phenoxy) is 2. The van der Waals surface area contributed by atoms with Crippen LogP contribution in [0.5, 0.6) is 11.5 Å². The standard InChI is InChI=1S/C38H48N4O3/c1-3-44-35-17-30(16-32(18-35)33-19-36(45-4-2)24-39-23-33)25-41-9-11-42(12-10-41)34-7-5-31(6-8-34)37(43)40-26-38-20-27-13-28(21-38)15-29(14-27)22-38/h5-8,16-19,23-24,27-29H,3-4,9-15,20-22,25-26H2,1-2H3,(H,40,43). The van der Waals surface area contributed by atoms with Gasteiger partial charge in [0.15, 0.2) is 0 Å². The number of hydrogen-bond acceptors (Lipinski definition) is 6. The molecule has 0 unspecified atom stereocenters. The monoisotopic (exact) mass is 608 g/mol. The largest absolute Gasteiger partial charge is 0.494 e. The normalized spacial score (nSPS) is 25.7. The van der Waals surface area contributed by atoms with E-state index in [1.54, 1.807) is 6.20 Å². The highest BCUT2D eigenvalue weighted by Crippen LogP contribution is 2.59. The summed E-state index contributed by atoms with van der Waals surface area (Å²) in [5, 5.41) is 3.34.